The van der Waals surface area contributed by atoms with Gasteiger partial charge in [0.05, 0.1) is 0 Å². The van der Waals surface area contributed by atoms with Gasteiger partial charge in [-0.15, -0.1) is 22.7 Å². The second-order valence-electron chi connectivity index (χ2n) is 8.25. The van der Waals surface area contributed by atoms with Crippen molar-refractivity contribution >= 4 is 42.8 Å². The largest absolute Gasteiger partial charge is 0.143 e. The van der Waals surface area contributed by atoms with Gasteiger partial charge < -0.3 is 0 Å². The molecule has 0 atom stereocenters. The van der Waals surface area contributed by atoms with Crippen LogP contribution in [0.4, 0.5) is 0 Å². The SMILES string of the molecule is CCCCc1cc2c(s1)c1c(c3ccsc32)=c2c(-c3ccc(CC)cc3)cccc2=1. The van der Waals surface area contributed by atoms with Gasteiger partial charge in [-0.05, 0) is 63.9 Å². The summed E-state index contributed by atoms with van der Waals surface area (Å²) in [5, 5.41) is 11.0. The molecule has 6 rings (SSSR count). The predicted molar refractivity (Wildman–Crippen MR) is 132 cm³/mol. The van der Waals surface area contributed by atoms with Crippen molar-refractivity contribution in [3.8, 4) is 11.1 Å². The van der Waals surface area contributed by atoms with Crippen LogP contribution < -0.4 is 0 Å². The van der Waals surface area contributed by atoms with Gasteiger partial charge >= 0.3 is 0 Å². The van der Waals surface area contributed by atoms with Crippen molar-refractivity contribution in [2.75, 3.05) is 0 Å². The molecule has 0 nitrogen and oxygen atoms in total. The Kier molecular flexibility index (Phi) is 4.33. The number of thiophene rings is 2. The lowest BCUT2D eigenvalue weighted by Gasteiger charge is -2.13. The average molecular weight is 425 g/mol. The van der Waals surface area contributed by atoms with Crippen LogP contribution in [-0.4, -0.2) is 0 Å². The average Bonchev–Trinajstić information content (AvgIpc) is 3.40. The highest BCUT2D eigenvalue weighted by Crippen LogP contribution is 2.41. The van der Waals surface area contributed by atoms with Gasteiger partial charge in [-0.25, -0.2) is 0 Å². The molecule has 2 aromatic heterocycles. The zero-order chi connectivity index (χ0) is 20.2. The molecular weight excluding hydrogens is 400 g/mol. The minimum Gasteiger partial charge on any atom is -0.143 e. The third-order valence-electron chi connectivity index (χ3n) is 6.47. The minimum absolute atomic E-state index is 1.09. The number of rotatable bonds is 5. The molecule has 5 aromatic rings. The van der Waals surface area contributed by atoms with Crippen molar-refractivity contribution in [2.45, 2.75) is 39.5 Å². The molecule has 0 fully saturated rings. The van der Waals surface area contributed by atoms with Crippen molar-refractivity contribution in [3.05, 3.63) is 91.3 Å². The standard InChI is InChI=1S/C28H24S2/c1-3-5-7-19-16-23-27-22(14-15-29-27)25-24-20(18-12-10-17(4-2)11-13-18)8-6-9-21(24)26(25)28(23)30-19/h6,8-16H,3-5,7H2,1-2H3. The number of fused-ring (bicyclic) bond motifs is 7. The Morgan fingerprint density at radius 1 is 0.800 bits per heavy atom. The van der Waals surface area contributed by atoms with Crippen LogP contribution in [0.25, 0.3) is 31.3 Å². The molecule has 1 aliphatic rings. The summed E-state index contributed by atoms with van der Waals surface area (Å²) < 4.78 is 2.96. The van der Waals surface area contributed by atoms with Crippen LogP contribution in [0.1, 0.15) is 37.1 Å². The molecule has 0 unspecified atom stereocenters. The normalized spacial score (nSPS) is 12.2. The summed E-state index contributed by atoms with van der Waals surface area (Å²) in [7, 11) is 0. The van der Waals surface area contributed by atoms with E-state index in [1.54, 1.807) is 0 Å². The first kappa shape index (κ1) is 18.4. The van der Waals surface area contributed by atoms with Crippen LogP contribution in [-0.2, 0) is 12.8 Å². The van der Waals surface area contributed by atoms with Crippen molar-refractivity contribution in [1.29, 1.82) is 0 Å². The number of benzene rings is 3. The molecule has 0 amide bonds. The van der Waals surface area contributed by atoms with Crippen molar-refractivity contribution < 1.29 is 0 Å². The van der Waals surface area contributed by atoms with E-state index in [0.717, 1.165) is 6.42 Å². The second kappa shape index (κ2) is 7.08. The lowest BCUT2D eigenvalue weighted by atomic mass is 9.91. The Labute approximate surface area is 184 Å². The van der Waals surface area contributed by atoms with E-state index in [1.165, 1.54) is 81.9 Å². The van der Waals surface area contributed by atoms with E-state index in [9.17, 15) is 0 Å². The minimum atomic E-state index is 1.09. The van der Waals surface area contributed by atoms with Crippen molar-refractivity contribution in [1.82, 2.24) is 0 Å². The first-order chi connectivity index (χ1) is 14.8. The molecule has 148 valence electrons. The highest BCUT2D eigenvalue weighted by molar-refractivity contribution is 7.22. The Morgan fingerprint density at radius 3 is 2.47 bits per heavy atom. The zero-order valence-electron chi connectivity index (χ0n) is 17.4. The smallest absolute Gasteiger partial charge is 0.0445 e. The molecule has 0 spiro atoms. The van der Waals surface area contributed by atoms with Crippen LogP contribution in [0.5, 0.6) is 0 Å². The van der Waals surface area contributed by atoms with Crippen molar-refractivity contribution in [2.24, 2.45) is 0 Å². The van der Waals surface area contributed by atoms with Crippen molar-refractivity contribution in [3.63, 3.8) is 0 Å². The molecular formula is C28H24S2. The maximum absolute atomic E-state index is 2.47. The fraction of sp³-hybridized carbons (Fsp3) is 0.214. The molecule has 3 aromatic carbocycles. The quantitative estimate of drug-likeness (QED) is 0.260. The third kappa shape index (κ3) is 2.57. The number of hydrogen-bond donors (Lipinski definition) is 0. The van der Waals surface area contributed by atoms with E-state index in [2.05, 4.69) is 73.8 Å². The van der Waals surface area contributed by atoms with Crippen LogP contribution in [0, 0.1) is 20.9 Å². The summed E-state index contributed by atoms with van der Waals surface area (Å²) in [5.74, 6) is 0. The maximum atomic E-state index is 2.47. The summed E-state index contributed by atoms with van der Waals surface area (Å²) >= 11 is 3.92. The predicted octanol–water partition coefficient (Wildman–Crippen LogP) is 8.58. The topological polar surface area (TPSA) is 0 Å². The summed E-state index contributed by atoms with van der Waals surface area (Å²) in [4.78, 5) is 1.54. The maximum Gasteiger partial charge on any atom is 0.0445 e. The second-order valence-corrected chi connectivity index (χ2v) is 10.3. The van der Waals surface area contributed by atoms with Gasteiger partial charge in [-0.2, -0.15) is 0 Å². The van der Waals surface area contributed by atoms with Gasteiger partial charge in [-0.3, -0.25) is 0 Å². The van der Waals surface area contributed by atoms with Crippen LogP contribution in [0.15, 0.2) is 60.0 Å². The molecule has 2 heterocycles. The molecule has 0 saturated carbocycles. The fourth-order valence-corrected chi connectivity index (χ4v) is 7.14. The zero-order valence-corrected chi connectivity index (χ0v) is 19.1. The van der Waals surface area contributed by atoms with E-state index in [0.29, 0.717) is 0 Å². The fourth-order valence-electron chi connectivity index (χ4n) is 4.88. The summed E-state index contributed by atoms with van der Waals surface area (Å²) in [5.41, 5.74) is 4.10. The van der Waals surface area contributed by atoms with E-state index in [1.807, 2.05) is 22.7 Å². The first-order valence-corrected chi connectivity index (χ1v) is 12.7. The first-order valence-electron chi connectivity index (χ1n) is 11.0. The molecule has 1 aliphatic carbocycles. The van der Waals surface area contributed by atoms with E-state index < -0.39 is 0 Å². The summed E-state index contributed by atoms with van der Waals surface area (Å²) in [6, 6.07) is 20.8. The Balaban J connectivity index is 1.71. The van der Waals surface area contributed by atoms with Gasteiger partial charge in [0.2, 0.25) is 0 Å². The molecule has 0 bridgehead atoms. The summed E-state index contributed by atoms with van der Waals surface area (Å²) in [6.45, 7) is 4.50. The van der Waals surface area contributed by atoms with E-state index in [4.69, 9.17) is 0 Å². The Morgan fingerprint density at radius 2 is 1.67 bits per heavy atom. The van der Waals surface area contributed by atoms with Gasteiger partial charge in [0.15, 0.2) is 0 Å². The monoisotopic (exact) mass is 424 g/mol. The van der Waals surface area contributed by atoms with Gasteiger partial charge in [0, 0.05) is 35.5 Å². The number of hydrogen-bond acceptors (Lipinski definition) is 2. The lowest BCUT2D eigenvalue weighted by Crippen LogP contribution is -1.96. The molecule has 0 aliphatic heterocycles. The number of aryl methyl sites for hydroxylation is 2. The van der Waals surface area contributed by atoms with Gasteiger partial charge in [-0.1, -0.05) is 62.7 Å². The van der Waals surface area contributed by atoms with E-state index >= 15 is 0 Å². The molecule has 0 saturated heterocycles. The Hall–Kier alpha value is -2.42. The Bertz CT molecular complexity index is 1600. The summed E-state index contributed by atoms with van der Waals surface area (Å²) in [6.07, 6.45) is 4.82. The molecule has 2 heteroatoms. The van der Waals surface area contributed by atoms with Crippen LogP contribution in [0.3, 0.4) is 0 Å². The highest BCUT2D eigenvalue weighted by atomic mass is 32.1. The van der Waals surface area contributed by atoms with E-state index in [-0.39, 0.29) is 0 Å². The van der Waals surface area contributed by atoms with Gasteiger partial charge in [0.25, 0.3) is 0 Å². The lowest BCUT2D eigenvalue weighted by molar-refractivity contribution is 0.804. The van der Waals surface area contributed by atoms with Crippen LogP contribution >= 0.6 is 22.7 Å². The third-order valence-corrected chi connectivity index (χ3v) is 8.63. The number of unbranched alkanes of at least 4 members (excludes halogenated alkanes) is 1. The highest BCUT2D eigenvalue weighted by Gasteiger charge is 2.18. The van der Waals surface area contributed by atoms with Gasteiger partial charge in [0.1, 0.15) is 0 Å². The molecule has 0 N–H and O–H groups in total. The molecule has 30 heavy (non-hydrogen) atoms. The molecule has 0 radical (unpaired) electrons. The van der Waals surface area contributed by atoms with Crippen LogP contribution in [0.2, 0.25) is 0 Å².